The van der Waals surface area contributed by atoms with E-state index in [1.165, 1.54) is 23.5 Å². The second-order valence-electron chi connectivity index (χ2n) is 6.77. The predicted molar refractivity (Wildman–Crippen MR) is 134 cm³/mol. The molecular formula is C22H16BrClN4O3S2. The third-order valence-electron chi connectivity index (χ3n) is 4.48. The van der Waals surface area contributed by atoms with E-state index in [4.69, 9.17) is 11.6 Å². The normalized spacial score (nSPS) is 11.2. The van der Waals surface area contributed by atoms with Gasteiger partial charge in [0.1, 0.15) is 11.6 Å². The van der Waals surface area contributed by atoms with E-state index in [1.807, 2.05) is 0 Å². The Bertz CT molecular complexity index is 1380. The van der Waals surface area contributed by atoms with Crippen molar-refractivity contribution < 1.29 is 13.2 Å². The third-order valence-corrected chi connectivity index (χ3v) is 7.90. The molecule has 33 heavy (non-hydrogen) atoms. The minimum atomic E-state index is -3.99. The highest BCUT2D eigenvalue weighted by Crippen LogP contribution is 2.29. The fraction of sp³-hybridized carbons (Fsp3) is 0.0455. The molecule has 4 rings (SSSR count). The van der Waals surface area contributed by atoms with Crippen LogP contribution in [0.2, 0.25) is 5.02 Å². The molecule has 0 bridgehead atoms. The summed E-state index contributed by atoms with van der Waals surface area (Å²) < 4.78 is 28.4. The predicted octanol–water partition coefficient (Wildman–Crippen LogP) is 5.46. The van der Waals surface area contributed by atoms with E-state index < -0.39 is 22.5 Å². The van der Waals surface area contributed by atoms with Gasteiger partial charge < -0.3 is 0 Å². The number of halogens is 2. The first kappa shape index (κ1) is 23.4. The zero-order valence-corrected chi connectivity index (χ0v) is 20.8. The quantitative estimate of drug-likeness (QED) is 0.323. The number of hydrogen-bond acceptors (Lipinski definition) is 6. The number of carbonyl (C=O) groups is 1. The molecule has 0 radical (unpaired) electrons. The molecule has 4 aromatic rings. The van der Waals surface area contributed by atoms with Crippen LogP contribution in [0.3, 0.4) is 0 Å². The van der Waals surface area contributed by atoms with E-state index in [1.54, 1.807) is 66.7 Å². The molecule has 0 unspecified atom stereocenters. The lowest BCUT2D eigenvalue weighted by atomic mass is 10.2. The Morgan fingerprint density at radius 2 is 1.73 bits per heavy atom. The minimum absolute atomic E-state index is 0.0821. The van der Waals surface area contributed by atoms with Gasteiger partial charge >= 0.3 is 0 Å². The van der Waals surface area contributed by atoms with Crippen LogP contribution in [-0.4, -0.2) is 31.1 Å². The second-order valence-corrected chi connectivity index (χ2v) is 11.0. The lowest BCUT2D eigenvalue weighted by Gasteiger charge is -2.24. The highest BCUT2D eigenvalue weighted by molar-refractivity contribution is 9.10. The fourth-order valence-electron chi connectivity index (χ4n) is 2.94. The average Bonchev–Trinajstić information content (AvgIpc) is 3.26. The summed E-state index contributed by atoms with van der Waals surface area (Å²) in [4.78, 5) is 12.9. The van der Waals surface area contributed by atoms with Gasteiger partial charge in [-0.3, -0.25) is 14.4 Å². The van der Waals surface area contributed by atoms with Gasteiger partial charge in [-0.15, -0.1) is 10.2 Å². The number of rotatable bonds is 7. The molecule has 1 N–H and O–H groups in total. The van der Waals surface area contributed by atoms with Crippen LogP contribution in [0.15, 0.2) is 88.2 Å². The number of carbonyl (C=O) groups excluding carboxylic acids is 1. The van der Waals surface area contributed by atoms with Crippen LogP contribution in [0, 0.1) is 0 Å². The van der Waals surface area contributed by atoms with Gasteiger partial charge in [-0.1, -0.05) is 75.3 Å². The summed E-state index contributed by atoms with van der Waals surface area (Å²) in [6.07, 6.45) is 0. The smallest absolute Gasteiger partial charge is 0.264 e. The van der Waals surface area contributed by atoms with Gasteiger partial charge in [-0.05, 0) is 42.5 Å². The Balaban J connectivity index is 1.58. The second kappa shape index (κ2) is 10.0. The van der Waals surface area contributed by atoms with Crippen molar-refractivity contribution in [1.82, 2.24) is 10.2 Å². The summed E-state index contributed by atoms with van der Waals surface area (Å²) >= 11 is 10.4. The third kappa shape index (κ3) is 5.59. The van der Waals surface area contributed by atoms with Gasteiger partial charge in [0.2, 0.25) is 11.0 Å². The molecule has 0 saturated carbocycles. The molecule has 0 spiro atoms. The Morgan fingerprint density at radius 3 is 2.42 bits per heavy atom. The zero-order valence-electron chi connectivity index (χ0n) is 16.9. The first-order valence-corrected chi connectivity index (χ1v) is 13.0. The Morgan fingerprint density at radius 1 is 1.00 bits per heavy atom. The highest BCUT2D eigenvalue weighted by Gasteiger charge is 2.27. The largest absolute Gasteiger partial charge is 0.299 e. The molecule has 0 aliphatic carbocycles. The summed E-state index contributed by atoms with van der Waals surface area (Å²) in [6, 6.07) is 21.8. The molecule has 1 heterocycles. The van der Waals surface area contributed by atoms with E-state index >= 15 is 0 Å². The van der Waals surface area contributed by atoms with Crippen LogP contribution in [0.5, 0.6) is 0 Å². The standard InChI is InChI=1S/C22H16BrClN4O3S2/c23-16-5-4-6-18(13-16)28(33(30,31)19-7-2-1-3-8-19)14-20(29)25-22-27-26-21(32-22)15-9-11-17(24)12-10-15/h1-13H,14H2,(H,25,27,29). The van der Waals surface area contributed by atoms with Crippen LogP contribution in [0.4, 0.5) is 10.8 Å². The van der Waals surface area contributed by atoms with Gasteiger partial charge in [0.25, 0.3) is 10.0 Å². The molecular weight excluding hydrogens is 548 g/mol. The fourth-order valence-corrected chi connectivity index (χ4v) is 5.65. The van der Waals surface area contributed by atoms with Gasteiger partial charge in [0, 0.05) is 15.1 Å². The molecule has 168 valence electrons. The number of nitrogens with one attached hydrogen (secondary N) is 1. The summed E-state index contributed by atoms with van der Waals surface area (Å²) in [6.45, 7) is -0.441. The summed E-state index contributed by atoms with van der Waals surface area (Å²) in [5, 5.41) is 12.2. The van der Waals surface area contributed by atoms with Crippen molar-refractivity contribution in [2.24, 2.45) is 0 Å². The summed E-state index contributed by atoms with van der Waals surface area (Å²) in [5.74, 6) is -0.548. The molecule has 0 aliphatic heterocycles. The van der Waals surface area contributed by atoms with Crippen LogP contribution in [-0.2, 0) is 14.8 Å². The average molecular weight is 564 g/mol. The van der Waals surface area contributed by atoms with E-state index in [2.05, 4.69) is 31.4 Å². The highest BCUT2D eigenvalue weighted by atomic mass is 79.9. The van der Waals surface area contributed by atoms with Crippen molar-refractivity contribution in [3.63, 3.8) is 0 Å². The van der Waals surface area contributed by atoms with Crippen LogP contribution in [0.1, 0.15) is 0 Å². The van der Waals surface area contributed by atoms with E-state index in [9.17, 15) is 13.2 Å². The number of aromatic nitrogens is 2. The van der Waals surface area contributed by atoms with E-state index in [0.29, 0.717) is 20.2 Å². The van der Waals surface area contributed by atoms with Crippen LogP contribution < -0.4 is 9.62 Å². The van der Waals surface area contributed by atoms with Crippen molar-refractivity contribution in [2.45, 2.75) is 4.90 Å². The molecule has 7 nitrogen and oxygen atoms in total. The maximum atomic E-state index is 13.3. The number of amides is 1. The van der Waals surface area contributed by atoms with Crippen molar-refractivity contribution >= 4 is 65.6 Å². The van der Waals surface area contributed by atoms with Gasteiger partial charge in [0.05, 0.1) is 10.6 Å². The number of hydrogen-bond donors (Lipinski definition) is 1. The molecule has 1 amide bonds. The van der Waals surface area contributed by atoms with Crippen LogP contribution >= 0.6 is 38.9 Å². The maximum Gasteiger partial charge on any atom is 0.264 e. The van der Waals surface area contributed by atoms with Crippen molar-refractivity contribution in [3.05, 3.63) is 88.4 Å². The van der Waals surface area contributed by atoms with Crippen molar-refractivity contribution in [2.75, 3.05) is 16.2 Å². The first-order valence-electron chi connectivity index (χ1n) is 9.55. The Labute approximate surface area is 208 Å². The molecule has 1 aromatic heterocycles. The number of benzene rings is 3. The topological polar surface area (TPSA) is 92.3 Å². The monoisotopic (exact) mass is 562 g/mol. The van der Waals surface area contributed by atoms with Crippen LogP contribution in [0.25, 0.3) is 10.6 Å². The molecule has 0 saturated heterocycles. The first-order chi connectivity index (χ1) is 15.8. The summed E-state index contributed by atoms with van der Waals surface area (Å²) in [5.41, 5.74) is 1.15. The molecule has 0 atom stereocenters. The number of nitrogens with zero attached hydrogens (tertiary/aromatic N) is 3. The molecule has 11 heteroatoms. The minimum Gasteiger partial charge on any atom is -0.299 e. The molecule has 0 fully saturated rings. The molecule has 0 aliphatic rings. The SMILES string of the molecule is O=C(CN(c1cccc(Br)c1)S(=O)(=O)c1ccccc1)Nc1nnc(-c2ccc(Cl)cc2)s1. The zero-order chi connectivity index (χ0) is 23.4. The maximum absolute atomic E-state index is 13.3. The number of anilines is 2. The van der Waals surface area contributed by atoms with Crippen molar-refractivity contribution in [3.8, 4) is 10.6 Å². The molecule has 3 aromatic carbocycles. The van der Waals surface area contributed by atoms with Gasteiger partial charge in [-0.2, -0.15) is 0 Å². The van der Waals surface area contributed by atoms with E-state index in [0.717, 1.165) is 9.87 Å². The van der Waals surface area contributed by atoms with Crippen molar-refractivity contribution in [1.29, 1.82) is 0 Å². The Kier molecular flexibility index (Phi) is 7.08. The lowest BCUT2D eigenvalue weighted by Crippen LogP contribution is -2.38. The van der Waals surface area contributed by atoms with Gasteiger partial charge in [0.15, 0.2) is 0 Å². The van der Waals surface area contributed by atoms with E-state index in [-0.39, 0.29) is 10.0 Å². The Hall–Kier alpha value is -2.79. The lowest BCUT2D eigenvalue weighted by molar-refractivity contribution is -0.114. The number of sulfonamides is 1. The van der Waals surface area contributed by atoms with Gasteiger partial charge in [-0.25, -0.2) is 8.42 Å². The summed E-state index contributed by atoms with van der Waals surface area (Å²) in [7, 11) is -3.99.